The molecule has 1 aromatic rings. The molecule has 1 aromatic carbocycles. The van der Waals surface area contributed by atoms with E-state index in [0.717, 1.165) is 0 Å². The van der Waals surface area contributed by atoms with Crippen molar-refractivity contribution in [2.75, 3.05) is 18.2 Å². The Bertz CT molecular complexity index is 431. The van der Waals surface area contributed by atoms with E-state index in [1.54, 1.807) is 24.3 Å². The van der Waals surface area contributed by atoms with E-state index >= 15 is 0 Å². The Kier molecular flexibility index (Phi) is 2.68. The fourth-order valence-corrected chi connectivity index (χ4v) is 1.50. The van der Waals surface area contributed by atoms with Crippen LogP contribution in [-0.4, -0.2) is 19.4 Å². The van der Waals surface area contributed by atoms with Crippen LogP contribution in [0.25, 0.3) is 0 Å². The molecule has 0 aliphatic carbocycles. The molecule has 0 bridgehead atoms. The molecule has 5 nitrogen and oxygen atoms in total. The van der Waals surface area contributed by atoms with Gasteiger partial charge in [-0.25, -0.2) is 4.79 Å². The number of carbonyl (C=O) groups is 1. The highest BCUT2D eigenvalue weighted by Crippen LogP contribution is 2.35. The Morgan fingerprint density at radius 3 is 2.94 bits per heavy atom. The first-order valence-corrected chi connectivity index (χ1v) is 4.80. The van der Waals surface area contributed by atoms with Crippen molar-refractivity contribution in [1.82, 2.24) is 0 Å². The van der Waals surface area contributed by atoms with E-state index in [-0.39, 0.29) is 6.79 Å². The highest BCUT2D eigenvalue weighted by atomic mass is 16.7. The Morgan fingerprint density at radius 2 is 2.25 bits per heavy atom. The van der Waals surface area contributed by atoms with Crippen LogP contribution in [-0.2, 0) is 0 Å². The summed E-state index contributed by atoms with van der Waals surface area (Å²) in [7, 11) is 0. The SMILES string of the molecule is C=CCN(C(N)=O)c1ccc2c(c1)OCO2. The molecule has 2 amide bonds. The van der Waals surface area contributed by atoms with Crippen LogP contribution in [0.15, 0.2) is 30.9 Å². The molecule has 0 saturated heterocycles. The third-order valence-electron chi connectivity index (χ3n) is 2.25. The summed E-state index contributed by atoms with van der Waals surface area (Å²) in [4.78, 5) is 12.6. The molecular weight excluding hydrogens is 208 g/mol. The maximum absolute atomic E-state index is 11.2. The van der Waals surface area contributed by atoms with Gasteiger partial charge < -0.3 is 15.2 Å². The van der Waals surface area contributed by atoms with Crippen LogP contribution in [0.4, 0.5) is 10.5 Å². The minimum atomic E-state index is -0.529. The number of hydrogen-bond acceptors (Lipinski definition) is 3. The van der Waals surface area contributed by atoms with Crippen molar-refractivity contribution in [3.8, 4) is 11.5 Å². The van der Waals surface area contributed by atoms with Gasteiger partial charge in [0.15, 0.2) is 11.5 Å². The molecule has 0 radical (unpaired) electrons. The highest BCUT2D eigenvalue weighted by molar-refractivity contribution is 5.91. The zero-order chi connectivity index (χ0) is 11.5. The minimum absolute atomic E-state index is 0.205. The highest BCUT2D eigenvalue weighted by Gasteiger charge is 2.17. The van der Waals surface area contributed by atoms with E-state index in [9.17, 15) is 4.79 Å². The van der Waals surface area contributed by atoms with Crippen LogP contribution < -0.4 is 20.1 Å². The van der Waals surface area contributed by atoms with E-state index in [2.05, 4.69) is 6.58 Å². The number of nitrogens with zero attached hydrogens (tertiary/aromatic N) is 1. The monoisotopic (exact) mass is 220 g/mol. The number of anilines is 1. The summed E-state index contributed by atoms with van der Waals surface area (Å²) >= 11 is 0. The average molecular weight is 220 g/mol. The van der Waals surface area contributed by atoms with Gasteiger partial charge in [0.05, 0.1) is 0 Å². The number of primary amides is 1. The molecular formula is C11H12N2O3. The van der Waals surface area contributed by atoms with Gasteiger partial charge in [-0.3, -0.25) is 4.90 Å². The predicted molar refractivity (Wildman–Crippen MR) is 59.7 cm³/mol. The molecule has 0 saturated carbocycles. The van der Waals surface area contributed by atoms with Crippen LogP contribution in [0.3, 0.4) is 0 Å². The Morgan fingerprint density at radius 1 is 1.50 bits per heavy atom. The number of hydrogen-bond donors (Lipinski definition) is 1. The quantitative estimate of drug-likeness (QED) is 0.785. The smallest absolute Gasteiger partial charge is 0.319 e. The van der Waals surface area contributed by atoms with Crippen LogP contribution in [0.5, 0.6) is 11.5 Å². The zero-order valence-corrected chi connectivity index (χ0v) is 8.68. The van der Waals surface area contributed by atoms with Gasteiger partial charge in [-0.1, -0.05) is 6.08 Å². The summed E-state index contributed by atoms with van der Waals surface area (Å²) in [5.74, 6) is 1.29. The Balaban J connectivity index is 2.31. The normalized spacial score (nSPS) is 12.2. The lowest BCUT2D eigenvalue weighted by Crippen LogP contribution is -2.35. The fraction of sp³-hybridized carbons (Fsp3) is 0.182. The number of rotatable bonds is 3. The summed E-state index contributed by atoms with van der Waals surface area (Å²) in [6.07, 6.45) is 1.61. The summed E-state index contributed by atoms with van der Waals surface area (Å²) in [5.41, 5.74) is 5.93. The standard InChI is InChI=1S/C11H12N2O3/c1-2-5-13(11(12)14)8-3-4-9-10(6-8)16-7-15-9/h2-4,6H,1,5,7H2,(H2,12,14). The summed E-state index contributed by atoms with van der Waals surface area (Å²) in [6, 6.07) is 4.69. The van der Waals surface area contributed by atoms with Crippen LogP contribution >= 0.6 is 0 Å². The van der Waals surface area contributed by atoms with Gasteiger partial charge in [0.2, 0.25) is 6.79 Å². The molecule has 2 rings (SSSR count). The second-order valence-electron chi connectivity index (χ2n) is 3.28. The lowest BCUT2D eigenvalue weighted by atomic mass is 10.2. The molecule has 2 N–H and O–H groups in total. The van der Waals surface area contributed by atoms with E-state index < -0.39 is 6.03 Å². The maximum Gasteiger partial charge on any atom is 0.319 e. The maximum atomic E-state index is 11.2. The molecule has 0 spiro atoms. The van der Waals surface area contributed by atoms with Crippen LogP contribution in [0.2, 0.25) is 0 Å². The summed E-state index contributed by atoms with van der Waals surface area (Å²) < 4.78 is 10.4. The van der Waals surface area contributed by atoms with Crippen molar-refractivity contribution < 1.29 is 14.3 Å². The molecule has 0 fully saturated rings. The van der Waals surface area contributed by atoms with Crippen molar-refractivity contribution in [2.45, 2.75) is 0 Å². The van der Waals surface area contributed by atoms with Crippen molar-refractivity contribution in [1.29, 1.82) is 0 Å². The third kappa shape index (κ3) is 1.79. The number of ether oxygens (including phenoxy) is 2. The fourth-order valence-electron chi connectivity index (χ4n) is 1.50. The number of nitrogens with two attached hydrogens (primary N) is 1. The molecule has 0 unspecified atom stereocenters. The van der Waals surface area contributed by atoms with Gasteiger partial charge in [-0.2, -0.15) is 0 Å². The van der Waals surface area contributed by atoms with Crippen molar-refractivity contribution >= 4 is 11.7 Å². The number of urea groups is 1. The predicted octanol–water partition coefficient (Wildman–Crippen LogP) is 1.49. The van der Waals surface area contributed by atoms with E-state index in [4.69, 9.17) is 15.2 Å². The first-order valence-electron chi connectivity index (χ1n) is 4.80. The Hall–Kier alpha value is -2.17. The number of benzene rings is 1. The second-order valence-corrected chi connectivity index (χ2v) is 3.28. The molecule has 16 heavy (non-hydrogen) atoms. The molecule has 1 aliphatic heterocycles. The molecule has 5 heteroatoms. The van der Waals surface area contributed by atoms with Gasteiger partial charge in [-0.15, -0.1) is 6.58 Å². The average Bonchev–Trinajstić information content (AvgIpc) is 2.72. The first kappa shape index (κ1) is 10.4. The van der Waals surface area contributed by atoms with Crippen LogP contribution in [0, 0.1) is 0 Å². The molecule has 1 heterocycles. The number of carbonyl (C=O) groups excluding carboxylic acids is 1. The van der Waals surface area contributed by atoms with Crippen molar-refractivity contribution in [3.63, 3.8) is 0 Å². The largest absolute Gasteiger partial charge is 0.454 e. The van der Waals surface area contributed by atoms with Gasteiger partial charge in [0.1, 0.15) is 0 Å². The minimum Gasteiger partial charge on any atom is -0.454 e. The van der Waals surface area contributed by atoms with Gasteiger partial charge in [0.25, 0.3) is 0 Å². The van der Waals surface area contributed by atoms with Gasteiger partial charge in [-0.05, 0) is 12.1 Å². The van der Waals surface area contributed by atoms with Crippen molar-refractivity contribution in [2.24, 2.45) is 5.73 Å². The van der Waals surface area contributed by atoms with Crippen molar-refractivity contribution in [3.05, 3.63) is 30.9 Å². The molecule has 0 atom stereocenters. The third-order valence-corrected chi connectivity index (χ3v) is 2.25. The second kappa shape index (κ2) is 4.14. The topological polar surface area (TPSA) is 64.8 Å². The zero-order valence-electron chi connectivity index (χ0n) is 8.68. The number of fused-ring (bicyclic) bond motifs is 1. The van der Waals surface area contributed by atoms with E-state index in [1.807, 2.05) is 0 Å². The lowest BCUT2D eigenvalue weighted by Gasteiger charge is -2.18. The first-order chi connectivity index (χ1) is 7.72. The molecule has 84 valence electrons. The van der Waals surface area contributed by atoms with Gasteiger partial charge >= 0.3 is 6.03 Å². The molecule has 1 aliphatic rings. The lowest BCUT2D eigenvalue weighted by molar-refractivity contribution is 0.174. The van der Waals surface area contributed by atoms with E-state index in [1.165, 1.54) is 4.90 Å². The van der Waals surface area contributed by atoms with Crippen LogP contribution in [0.1, 0.15) is 0 Å². The van der Waals surface area contributed by atoms with Gasteiger partial charge in [0, 0.05) is 18.3 Å². The molecule has 0 aromatic heterocycles. The summed E-state index contributed by atoms with van der Waals surface area (Å²) in [6.45, 7) is 4.14. The summed E-state index contributed by atoms with van der Waals surface area (Å²) in [5, 5.41) is 0. The number of amides is 2. The van der Waals surface area contributed by atoms with E-state index in [0.29, 0.717) is 23.7 Å². The Labute approximate surface area is 93.0 Å².